The predicted molar refractivity (Wildman–Crippen MR) is 52.9 cm³/mol. The number of ether oxygens (including phenoxy) is 2. The van der Waals surface area contributed by atoms with Crippen molar-refractivity contribution in [2.45, 2.75) is 19.4 Å². The monoisotopic (exact) mass is 263 g/mol. The molecule has 1 rings (SSSR count). The number of aliphatic carboxylic acids is 1. The van der Waals surface area contributed by atoms with Gasteiger partial charge in [-0.2, -0.15) is 0 Å². The van der Waals surface area contributed by atoms with Crippen molar-refractivity contribution >= 4 is 12.1 Å². The lowest BCUT2D eigenvalue weighted by Gasteiger charge is -2.31. The molecular weight excluding hydrogens is 250 g/mol. The van der Waals surface area contributed by atoms with Crippen molar-refractivity contribution < 1.29 is 34.0 Å². The Bertz CT molecular complexity index is 346. The molecule has 0 aromatic rings. The summed E-state index contributed by atoms with van der Waals surface area (Å²) in [7, 11) is 0. The number of hydrazine groups is 1. The molecule has 0 amide bonds. The first-order valence-electron chi connectivity index (χ1n) is 5.15. The third-order valence-electron chi connectivity index (χ3n) is 2.12. The second kappa shape index (κ2) is 6.47. The van der Waals surface area contributed by atoms with Crippen LogP contribution in [0.3, 0.4) is 0 Å². The maximum absolute atomic E-state index is 11.2. The summed E-state index contributed by atoms with van der Waals surface area (Å²) in [6.45, 7) is 1.43. The lowest BCUT2D eigenvalue weighted by Crippen LogP contribution is -2.55. The Kier molecular flexibility index (Phi) is 4.96. The quantitative estimate of drug-likeness (QED) is 0.178. The number of hydrogen-bond acceptors (Lipinski definition) is 7. The van der Waals surface area contributed by atoms with E-state index in [0.717, 1.165) is 5.01 Å². The van der Waals surface area contributed by atoms with E-state index < -0.39 is 25.0 Å². The number of rotatable bonds is 6. The summed E-state index contributed by atoms with van der Waals surface area (Å²) >= 11 is 0. The highest BCUT2D eigenvalue weighted by Crippen LogP contribution is 2.17. The minimum Gasteiger partial charge on any atom is -0.569 e. The number of carbonyl (C=O) groups is 2. The molecule has 0 aromatic carbocycles. The van der Waals surface area contributed by atoms with Crippen molar-refractivity contribution in [1.29, 1.82) is 0 Å². The van der Waals surface area contributed by atoms with Gasteiger partial charge in [-0.25, -0.2) is 9.59 Å². The number of nitrogens with zero attached hydrogens (tertiary/aromatic N) is 3. The Morgan fingerprint density at radius 1 is 1.56 bits per heavy atom. The molecule has 1 heterocycles. The first-order valence-corrected chi connectivity index (χ1v) is 5.15. The Morgan fingerprint density at radius 3 is 2.78 bits per heavy atom. The first-order chi connectivity index (χ1) is 8.56. The van der Waals surface area contributed by atoms with Gasteiger partial charge in [0.25, 0.3) is 6.79 Å². The van der Waals surface area contributed by atoms with Crippen LogP contribution >= 0.6 is 0 Å². The molecule has 1 atom stereocenters. The second-order valence-electron chi connectivity index (χ2n) is 3.21. The first kappa shape index (κ1) is 13.8. The molecule has 1 aliphatic heterocycles. The average molecular weight is 263 g/mol. The van der Waals surface area contributed by atoms with Gasteiger partial charge in [0.05, 0.1) is 18.1 Å². The molecule has 102 valence electrons. The van der Waals surface area contributed by atoms with Crippen molar-refractivity contribution in [3.8, 4) is 0 Å². The molecule has 0 spiro atoms. The van der Waals surface area contributed by atoms with Gasteiger partial charge in [0, 0.05) is 6.42 Å². The Hall–Kier alpha value is -2.26. The molecule has 1 aliphatic rings. The van der Waals surface area contributed by atoms with E-state index in [1.54, 1.807) is 6.92 Å². The van der Waals surface area contributed by atoms with Crippen LogP contribution in [-0.2, 0) is 19.1 Å². The molecule has 18 heavy (non-hydrogen) atoms. The SMILES string of the molecule is CCOC(=O)OCO/N=[N+](\[O-])N1CCC1C(=O)O. The van der Waals surface area contributed by atoms with E-state index >= 15 is 0 Å². The fraction of sp³-hybridized carbons (Fsp3) is 0.750. The van der Waals surface area contributed by atoms with Crippen molar-refractivity contribution in [3.63, 3.8) is 0 Å². The Balaban J connectivity index is 2.26. The molecule has 0 saturated carbocycles. The maximum atomic E-state index is 11.2. The van der Waals surface area contributed by atoms with Crippen LogP contribution in [0.5, 0.6) is 0 Å². The third kappa shape index (κ3) is 3.64. The largest absolute Gasteiger partial charge is 0.569 e. The molecule has 10 heteroatoms. The topological polar surface area (TPSA) is 124 Å². The third-order valence-corrected chi connectivity index (χ3v) is 2.12. The molecule has 0 radical (unpaired) electrons. The predicted octanol–water partition coefficient (Wildman–Crippen LogP) is 0.0850. The molecule has 1 saturated heterocycles. The van der Waals surface area contributed by atoms with Crippen LogP contribution in [0, 0.1) is 5.21 Å². The van der Waals surface area contributed by atoms with E-state index in [0.29, 0.717) is 6.42 Å². The molecule has 1 fully saturated rings. The summed E-state index contributed by atoms with van der Waals surface area (Å²) in [5, 5.41) is 23.9. The number of carbonyl (C=O) groups excluding carboxylic acids is 1. The van der Waals surface area contributed by atoms with Crippen molar-refractivity contribution in [2.24, 2.45) is 5.28 Å². The van der Waals surface area contributed by atoms with E-state index in [2.05, 4.69) is 19.6 Å². The molecule has 1 unspecified atom stereocenters. The van der Waals surface area contributed by atoms with Gasteiger partial charge in [0.1, 0.15) is 0 Å². The minimum atomic E-state index is -1.11. The van der Waals surface area contributed by atoms with Crippen LogP contribution in [0.1, 0.15) is 13.3 Å². The Morgan fingerprint density at radius 2 is 2.28 bits per heavy atom. The minimum absolute atomic E-state index is 0.0107. The van der Waals surface area contributed by atoms with Gasteiger partial charge in [-0.3, -0.25) is 0 Å². The zero-order valence-electron chi connectivity index (χ0n) is 9.64. The van der Waals surface area contributed by atoms with Gasteiger partial charge >= 0.3 is 12.1 Å². The summed E-state index contributed by atoms with van der Waals surface area (Å²) in [5.74, 6) is -1.11. The number of carboxylic acid groups (broad SMARTS) is 1. The zero-order chi connectivity index (χ0) is 13.5. The summed E-state index contributed by atoms with van der Waals surface area (Å²) in [5.41, 5.74) is 0. The molecular formula is C8H13N3O7. The van der Waals surface area contributed by atoms with E-state index in [9.17, 15) is 14.8 Å². The summed E-state index contributed by atoms with van der Waals surface area (Å²) in [6.07, 6.45) is -0.583. The number of carboxylic acids is 1. The van der Waals surface area contributed by atoms with Crippen molar-refractivity contribution in [3.05, 3.63) is 5.21 Å². The van der Waals surface area contributed by atoms with Crippen LogP contribution in [-0.4, -0.2) is 53.2 Å². The van der Waals surface area contributed by atoms with E-state index in [-0.39, 0.29) is 18.1 Å². The maximum Gasteiger partial charge on any atom is 0.511 e. The summed E-state index contributed by atoms with van der Waals surface area (Å²) < 4.78 is 8.78. The van der Waals surface area contributed by atoms with Crippen LogP contribution in [0.25, 0.3) is 0 Å². The summed E-state index contributed by atoms with van der Waals surface area (Å²) in [4.78, 5) is 25.7. The lowest BCUT2D eigenvalue weighted by atomic mass is 10.1. The molecule has 0 aromatic heterocycles. The molecule has 0 bridgehead atoms. The highest BCUT2D eigenvalue weighted by atomic mass is 16.8. The second-order valence-corrected chi connectivity index (χ2v) is 3.21. The molecule has 10 nitrogen and oxygen atoms in total. The standard InChI is InChI=1S/C8H13N3O7/c1-2-16-8(14)17-5-18-9-11(15)10-4-3-6(10)7(12)13/h6H,2-5H2,1H3,(H,12,13)/b11-9-. The highest BCUT2D eigenvalue weighted by Gasteiger charge is 2.41. The van der Waals surface area contributed by atoms with Crippen LogP contribution in [0.2, 0.25) is 0 Å². The van der Waals surface area contributed by atoms with Gasteiger partial charge in [-0.05, 0) is 6.92 Å². The molecule has 1 N–H and O–H groups in total. The highest BCUT2D eigenvalue weighted by molar-refractivity contribution is 5.74. The van der Waals surface area contributed by atoms with Gasteiger partial charge in [0.15, 0.2) is 6.04 Å². The molecule has 0 aliphatic carbocycles. The smallest absolute Gasteiger partial charge is 0.511 e. The number of hydrogen-bond donors (Lipinski definition) is 1. The average Bonchev–Trinajstić information content (AvgIpc) is 2.22. The van der Waals surface area contributed by atoms with E-state index in [1.165, 1.54) is 0 Å². The van der Waals surface area contributed by atoms with Crippen molar-refractivity contribution in [2.75, 3.05) is 19.9 Å². The van der Waals surface area contributed by atoms with Crippen molar-refractivity contribution in [1.82, 2.24) is 5.01 Å². The lowest BCUT2D eigenvalue weighted by molar-refractivity contribution is -0.729. The fourth-order valence-corrected chi connectivity index (χ4v) is 1.18. The van der Waals surface area contributed by atoms with Gasteiger partial charge in [-0.1, -0.05) is 0 Å². The van der Waals surface area contributed by atoms with Crippen LogP contribution < -0.4 is 0 Å². The zero-order valence-corrected chi connectivity index (χ0v) is 9.64. The van der Waals surface area contributed by atoms with Gasteiger partial charge in [-0.15, -0.1) is 5.01 Å². The van der Waals surface area contributed by atoms with Gasteiger partial charge < -0.3 is 24.6 Å². The normalized spacial score (nSPS) is 18.8. The Labute approximate surface area is 102 Å². The van der Waals surface area contributed by atoms with E-state index in [4.69, 9.17) is 5.11 Å². The van der Waals surface area contributed by atoms with Gasteiger partial charge in [0.2, 0.25) is 5.28 Å². The van der Waals surface area contributed by atoms with Crippen LogP contribution in [0.4, 0.5) is 4.79 Å². The van der Waals surface area contributed by atoms with E-state index in [1.807, 2.05) is 0 Å². The summed E-state index contributed by atoms with van der Waals surface area (Å²) in [6, 6.07) is -0.902. The fourth-order valence-electron chi connectivity index (χ4n) is 1.18. The van der Waals surface area contributed by atoms with Crippen LogP contribution in [0.15, 0.2) is 5.28 Å².